The van der Waals surface area contributed by atoms with Gasteiger partial charge in [0.25, 0.3) is 5.56 Å². The highest BCUT2D eigenvalue weighted by molar-refractivity contribution is 7.22. The zero-order valence-electron chi connectivity index (χ0n) is 17.1. The molecular formula is C25H23N3OS. The summed E-state index contributed by atoms with van der Waals surface area (Å²) in [5, 5.41) is 1.83. The molecule has 0 aliphatic carbocycles. The lowest BCUT2D eigenvalue weighted by Gasteiger charge is -2.05. The van der Waals surface area contributed by atoms with Crippen LogP contribution >= 0.6 is 11.3 Å². The minimum absolute atomic E-state index is 0.0696. The zero-order valence-corrected chi connectivity index (χ0v) is 17.9. The Kier molecular flexibility index (Phi) is 5.48. The van der Waals surface area contributed by atoms with Crippen molar-refractivity contribution >= 4 is 34.2 Å². The number of benzene rings is 2. The lowest BCUT2D eigenvalue weighted by molar-refractivity contribution is 0.964. The van der Waals surface area contributed by atoms with E-state index in [1.165, 1.54) is 16.9 Å². The van der Waals surface area contributed by atoms with Gasteiger partial charge in [0.2, 0.25) is 0 Å². The summed E-state index contributed by atoms with van der Waals surface area (Å²) in [5.74, 6) is 0. The summed E-state index contributed by atoms with van der Waals surface area (Å²) in [7, 11) is 0. The first kappa shape index (κ1) is 20.0. The lowest BCUT2D eigenvalue weighted by Crippen LogP contribution is -2.26. The van der Waals surface area contributed by atoms with Crippen LogP contribution in [0.5, 0.6) is 0 Å². The van der Waals surface area contributed by atoms with Crippen LogP contribution in [0.2, 0.25) is 0 Å². The highest BCUT2D eigenvalue weighted by atomic mass is 32.1. The second-order valence-corrected chi connectivity index (χ2v) is 8.43. The summed E-state index contributed by atoms with van der Waals surface area (Å²) in [6.45, 7) is 8.63. The molecule has 0 bridgehead atoms. The molecule has 0 spiro atoms. The normalized spacial score (nSPS) is 12.6. The van der Waals surface area contributed by atoms with Crippen LogP contribution in [0.15, 0.2) is 71.3 Å². The number of hydrogen-bond acceptors (Lipinski definition) is 4. The first-order chi connectivity index (χ1) is 14.5. The number of aromatic nitrogens is 2. The first-order valence-corrected chi connectivity index (χ1v) is 10.5. The summed E-state index contributed by atoms with van der Waals surface area (Å²) < 4.78 is 2.24. The van der Waals surface area contributed by atoms with E-state index < -0.39 is 0 Å². The summed E-state index contributed by atoms with van der Waals surface area (Å²) in [4.78, 5) is 18.8. The molecule has 0 radical (unpaired) electrons. The van der Waals surface area contributed by atoms with E-state index in [2.05, 4.69) is 42.8 Å². The molecule has 0 amide bonds. The van der Waals surface area contributed by atoms with Gasteiger partial charge >= 0.3 is 0 Å². The molecule has 30 heavy (non-hydrogen) atoms. The van der Waals surface area contributed by atoms with Crippen molar-refractivity contribution in [1.29, 1.82) is 0 Å². The van der Waals surface area contributed by atoms with Crippen LogP contribution in [0.3, 0.4) is 0 Å². The van der Waals surface area contributed by atoms with Crippen molar-refractivity contribution < 1.29 is 0 Å². The largest absolute Gasteiger partial charge is 0.327 e. The maximum absolute atomic E-state index is 13.2. The second kappa shape index (κ2) is 8.22. The average Bonchev–Trinajstić information content (AvgIpc) is 3.19. The van der Waals surface area contributed by atoms with Crippen LogP contribution in [0.1, 0.15) is 12.5 Å². The molecule has 0 unspecified atom stereocenters. The number of allylic oxidation sites excluding steroid dienone is 1. The molecule has 2 aromatic carbocycles. The molecule has 0 saturated heterocycles. The first-order valence-electron chi connectivity index (χ1n) is 9.71. The monoisotopic (exact) mass is 413 g/mol. The summed E-state index contributed by atoms with van der Waals surface area (Å²) in [6.07, 6.45) is 5.55. The van der Waals surface area contributed by atoms with Crippen molar-refractivity contribution in [2.45, 2.75) is 13.8 Å². The van der Waals surface area contributed by atoms with Crippen molar-refractivity contribution in [3.63, 3.8) is 0 Å². The minimum atomic E-state index is -0.0696. The SMILES string of the molecule is C=c1ccc(-n2cnc3cc(-c4ccc(C)cc4)sc3c2=O)c/c1=C/C=C(\C)CN. The number of hydrogen-bond donors (Lipinski definition) is 1. The highest BCUT2D eigenvalue weighted by Crippen LogP contribution is 2.31. The van der Waals surface area contributed by atoms with Gasteiger partial charge in [-0.15, -0.1) is 11.3 Å². The van der Waals surface area contributed by atoms with Gasteiger partial charge < -0.3 is 5.73 Å². The van der Waals surface area contributed by atoms with Gasteiger partial charge in [0.1, 0.15) is 11.0 Å². The summed E-state index contributed by atoms with van der Waals surface area (Å²) >= 11 is 1.48. The van der Waals surface area contributed by atoms with E-state index in [9.17, 15) is 4.79 Å². The van der Waals surface area contributed by atoms with E-state index in [-0.39, 0.29) is 5.56 Å². The van der Waals surface area contributed by atoms with Gasteiger partial charge in [-0.1, -0.05) is 60.2 Å². The molecule has 4 rings (SSSR count). The summed E-state index contributed by atoms with van der Waals surface area (Å²) in [5.41, 5.74) is 10.4. The number of rotatable bonds is 4. The molecule has 150 valence electrons. The van der Waals surface area contributed by atoms with Gasteiger partial charge in [-0.25, -0.2) is 4.98 Å². The van der Waals surface area contributed by atoms with Crippen molar-refractivity contribution in [3.05, 3.63) is 92.9 Å². The van der Waals surface area contributed by atoms with E-state index in [1.807, 2.05) is 43.3 Å². The Balaban J connectivity index is 1.82. The van der Waals surface area contributed by atoms with Crippen LogP contribution in [0.25, 0.3) is 39.0 Å². The van der Waals surface area contributed by atoms with Gasteiger partial charge in [0.15, 0.2) is 0 Å². The molecule has 0 aliphatic heterocycles. The van der Waals surface area contributed by atoms with E-state index in [0.717, 1.165) is 37.7 Å². The Morgan fingerprint density at radius 3 is 2.70 bits per heavy atom. The predicted octanol–water partition coefficient (Wildman–Crippen LogP) is 3.52. The molecule has 0 fully saturated rings. The molecule has 0 saturated carbocycles. The molecule has 4 aromatic rings. The third kappa shape index (κ3) is 3.90. The number of aryl methyl sites for hydroxylation is 1. The molecule has 0 aliphatic rings. The van der Waals surface area contributed by atoms with Crippen molar-refractivity contribution in [2.75, 3.05) is 6.54 Å². The molecule has 2 heterocycles. The number of nitrogens with zero attached hydrogens (tertiary/aromatic N) is 2. The van der Waals surface area contributed by atoms with Gasteiger partial charge in [-0.3, -0.25) is 9.36 Å². The Morgan fingerprint density at radius 1 is 1.20 bits per heavy atom. The van der Waals surface area contributed by atoms with Gasteiger partial charge in [0, 0.05) is 11.4 Å². The Morgan fingerprint density at radius 2 is 1.97 bits per heavy atom. The fourth-order valence-electron chi connectivity index (χ4n) is 3.14. The standard InChI is InChI=1S/C25H23N3OS/c1-16-4-8-19(9-5-16)23-13-22-24(30-23)25(29)28(15-27-22)21-11-7-18(3)20(12-21)10-6-17(2)14-26/h4-13,15H,3,14,26H2,1-2H3/b17-6+,20-10-. The second-order valence-electron chi connectivity index (χ2n) is 7.38. The molecule has 5 heteroatoms. The molecule has 4 nitrogen and oxygen atoms in total. The Labute approximate surface area is 179 Å². The number of fused-ring (bicyclic) bond motifs is 1. The smallest absolute Gasteiger partial charge is 0.275 e. The third-order valence-electron chi connectivity index (χ3n) is 5.05. The quantitative estimate of drug-likeness (QED) is 0.557. The van der Waals surface area contributed by atoms with E-state index >= 15 is 0 Å². The summed E-state index contributed by atoms with van der Waals surface area (Å²) in [6, 6.07) is 16.0. The van der Waals surface area contributed by atoms with Crippen LogP contribution in [-0.2, 0) is 0 Å². The zero-order chi connectivity index (χ0) is 21.3. The van der Waals surface area contributed by atoms with Gasteiger partial charge in [-0.2, -0.15) is 0 Å². The average molecular weight is 414 g/mol. The van der Waals surface area contributed by atoms with Crippen LogP contribution in [-0.4, -0.2) is 16.1 Å². The van der Waals surface area contributed by atoms with Crippen LogP contribution < -0.4 is 21.7 Å². The number of nitrogens with two attached hydrogens (primary N) is 1. The van der Waals surface area contributed by atoms with E-state index in [4.69, 9.17) is 5.73 Å². The topological polar surface area (TPSA) is 60.9 Å². The van der Waals surface area contributed by atoms with Gasteiger partial charge in [0.05, 0.1) is 11.2 Å². The van der Waals surface area contributed by atoms with Crippen molar-refractivity contribution in [1.82, 2.24) is 9.55 Å². The molecule has 2 N–H and O–H groups in total. The predicted molar refractivity (Wildman–Crippen MR) is 127 cm³/mol. The maximum Gasteiger partial charge on any atom is 0.275 e. The lowest BCUT2D eigenvalue weighted by atomic mass is 10.1. The molecular weight excluding hydrogens is 390 g/mol. The van der Waals surface area contributed by atoms with Crippen molar-refractivity contribution in [2.24, 2.45) is 5.73 Å². The molecule has 2 aromatic heterocycles. The molecule has 0 atom stereocenters. The van der Waals surface area contributed by atoms with Crippen LogP contribution in [0, 0.1) is 6.92 Å². The fourth-order valence-corrected chi connectivity index (χ4v) is 4.19. The minimum Gasteiger partial charge on any atom is -0.327 e. The van der Waals surface area contributed by atoms with E-state index in [1.54, 1.807) is 10.9 Å². The van der Waals surface area contributed by atoms with E-state index in [0.29, 0.717) is 11.2 Å². The Hall–Kier alpha value is -3.28. The van der Waals surface area contributed by atoms with Crippen LogP contribution in [0.4, 0.5) is 0 Å². The third-order valence-corrected chi connectivity index (χ3v) is 6.21. The fraction of sp³-hybridized carbons (Fsp3) is 0.120. The van der Waals surface area contributed by atoms with Gasteiger partial charge in [-0.05, 0) is 48.0 Å². The van der Waals surface area contributed by atoms with Crippen molar-refractivity contribution in [3.8, 4) is 16.1 Å². The maximum atomic E-state index is 13.2. The number of thiophene rings is 1. The Bertz CT molecular complexity index is 1430. The highest BCUT2D eigenvalue weighted by Gasteiger charge is 2.11.